The zero-order valence-electron chi connectivity index (χ0n) is 9.22. The van der Waals surface area contributed by atoms with Gasteiger partial charge in [-0.1, -0.05) is 6.92 Å². The Bertz CT molecular complexity index is 416. The molecule has 0 aromatic rings. The number of carbonyl (C=O) groups excluding carboxylic acids is 1. The van der Waals surface area contributed by atoms with Crippen molar-refractivity contribution in [2.24, 2.45) is 0 Å². The Morgan fingerprint density at radius 3 is 2.88 bits per heavy atom. The van der Waals surface area contributed by atoms with Gasteiger partial charge in [0.1, 0.15) is 0 Å². The Morgan fingerprint density at radius 1 is 1.56 bits per heavy atom. The largest absolute Gasteiger partial charge is 0.334 e. The first-order valence-corrected chi connectivity index (χ1v) is 7.20. The Balaban J connectivity index is 2.03. The van der Waals surface area contributed by atoms with Crippen LogP contribution in [-0.2, 0) is 14.6 Å². The molecule has 0 aromatic carbocycles. The van der Waals surface area contributed by atoms with E-state index in [4.69, 9.17) is 0 Å². The normalized spacial score (nSPS) is 32.6. The Morgan fingerprint density at radius 2 is 2.31 bits per heavy atom. The van der Waals surface area contributed by atoms with Crippen molar-refractivity contribution >= 4 is 15.7 Å². The molecular weight excluding hydrogens is 228 g/mol. The SMILES string of the molecule is CCNC1CCN(C2C=CS(=O)(=O)C2)C1=O. The van der Waals surface area contributed by atoms with Crippen LogP contribution in [0.3, 0.4) is 0 Å². The first-order chi connectivity index (χ1) is 7.53. The summed E-state index contributed by atoms with van der Waals surface area (Å²) >= 11 is 0. The summed E-state index contributed by atoms with van der Waals surface area (Å²) in [7, 11) is -3.08. The summed E-state index contributed by atoms with van der Waals surface area (Å²) in [6, 6.07) is -0.400. The molecule has 1 fully saturated rings. The van der Waals surface area contributed by atoms with Gasteiger partial charge < -0.3 is 10.2 Å². The van der Waals surface area contributed by atoms with Crippen molar-refractivity contribution in [3.63, 3.8) is 0 Å². The molecule has 2 aliphatic rings. The van der Waals surface area contributed by atoms with Gasteiger partial charge in [-0.25, -0.2) is 8.42 Å². The number of nitrogens with one attached hydrogen (secondary N) is 1. The van der Waals surface area contributed by atoms with Crippen LogP contribution in [0.25, 0.3) is 0 Å². The topological polar surface area (TPSA) is 66.5 Å². The van der Waals surface area contributed by atoms with Crippen molar-refractivity contribution in [2.75, 3.05) is 18.8 Å². The highest BCUT2D eigenvalue weighted by Gasteiger charge is 2.37. The van der Waals surface area contributed by atoms with E-state index in [1.807, 2.05) is 6.92 Å². The lowest BCUT2D eigenvalue weighted by Crippen LogP contribution is -2.43. The van der Waals surface area contributed by atoms with E-state index in [9.17, 15) is 13.2 Å². The van der Waals surface area contributed by atoms with E-state index in [1.54, 1.807) is 11.0 Å². The molecule has 0 aliphatic carbocycles. The Hall–Kier alpha value is -0.880. The number of hydrogen-bond acceptors (Lipinski definition) is 4. The van der Waals surface area contributed by atoms with Crippen molar-refractivity contribution in [3.05, 3.63) is 11.5 Å². The fourth-order valence-corrected chi connectivity index (χ4v) is 3.52. The van der Waals surface area contributed by atoms with Crippen LogP contribution in [0.2, 0.25) is 0 Å². The van der Waals surface area contributed by atoms with E-state index in [0.717, 1.165) is 13.0 Å². The minimum Gasteiger partial charge on any atom is -0.334 e. The summed E-state index contributed by atoms with van der Waals surface area (Å²) in [4.78, 5) is 13.6. The summed E-state index contributed by atoms with van der Waals surface area (Å²) in [5, 5.41) is 4.32. The highest BCUT2D eigenvalue weighted by molar-refractivity contribution is 7.94. The highest BCUT2D eigenvalue weighted by atomic mass is 32.2. The minimum atomic E-state index is -3.08. The average Bonchev–Trinajstić information content (AvgIpc) is 2.72. The van der Waals surface area contributed by atoms with E-state index in [2.05, 4.69) is 5.32 Å². The molecule has 5 nitrogen and oxygen atoms in total. The molecule has 1 N–H and O–H groups in total. The molecule has 2 unspecified atom stereocenters. The first kappa shape index (κ1) is 11.6. The van der Waals surface area contributed by atoms with Crippen LogP contribution in [-0.4, -0.2) is 50.2 Å². The van der Waals surface area contributed by atoms with Gasteiger partial charge in [0.2, 0.25) is 5.91 Å². The van der Waals surface area contributed by atoms with Crippen LogP contribution < -0.4 is 5.32 Å². The van der Waals surface area contributed by atoms with Crippen LogP contribution in [0, 0.1) is 0 Å². The second-order valence-electron chi connectivity index (χ2n) is 4.16. The molecule has 1 amide bonds. The average molecular weight is 244 g/mol. The third-order valence-electron chi connectivity index (χ3n) is 3.00. The molecule has 1 saturated heterocycles. The van der Waals surface area contributed by atoms with Gasteiger partial charge >= 0.3 is 0 Å². The molecule has 0 saturated carbocycles. The maximum atomic E-state index is 11.9. The molecule has 0 bridgehead atoms. The van der Waals surface area contributed by atoms with Gasteiger partial charge in [-0.05, 0) is 19.0 Å². The number of sulfone groups is 1. The molecule has 2 aliphatic heterocycles. The van der Waals surface area contributed by atoms with E-state index in [1.165, 1.54) is 5.41 Å². The van der Waals surface area contributed by atoms with Crippen molar-refractivity contribution in [1.29, 1.82) is 0 Å². The molecule has 6 heteroatoms. The third-order valence-corrected chi connectivity index (χ3v) is 4.38. The number of carbonyl (C=O) groups is 1. The van der Waals surface area contributed by atoms with Crippen LogP contribution in [0.1, 0.15) is 13.3 Å². The number of likely N-dealkylation sites (N-methyl/N-ethyl adjacent to an activating group) is 1. The highest BCUT2D eigenvalue weighted by Crippen LogP contribution is 2.20. The Kier molecular flexibility index (Phi) is 3.03. The number of nitrogens with zero attached hydrogens (tertiary/aromatic N) is 1. The summed E-state index contributed by atoms with van der Waals surface area (Å²) in [6.45, 7) is 3.35. The summed E-state index contributed by atoms with van der Waals surface area (Å²) in [6.07, 6.45) is 2.37. The molecule has 2 heterocycles. The molecule has 2 atom stereocenters. The smallest absolute Gasteiger partial charge is 0.240 e. The van der Waals surface area contributed by atoms with E-state index in [-0.39, 0.29) is 23.7 Å². The lowest BCUT2D eigenvalue weighted by molar-refractivity contribution is -0.130. The van der Waals surface area contributed by atoms with Crippen molar-refractivity contribution in [3.8, 4) is 0 Å². The van der Waals surface area contributed by atoms with Crippen LogP contribution in [0.5, 0.6) is 0 Å². The molecule has 90 valence electrons. The van der Waals surface area contributed by atoms with E-state index in [0.29, 0.717) is 6.54 Å². The lowest BCUT2D eigenvalue weighted by atomic mass is 10.2. The predicted molar refractivity (Wildman–Crippen MR) is 60.5 cm³/mol. The van der Waals surface area contributed by atoms with Crippen molar-refractivity contribution in [2.45, 2.75) is 25.4 Å². The number of hydrogen-bond donors (Lipinski definition) is 1. The summed E-state index contributed by atoms with van der Waals surface area (Å²) in [5.74, 6) is 0.0611. The Labute approximate surface area is 95.4 Å². The van der Waals surface area contributed by atoms with Gasteiger partial charge in [0, 0.05) is 12.0 Å². The predicted octanol–water partition coefficient (Wildman–Crippen LogP) is -0.492. The zero-order chi connectivity index (χ0) is 11.8. The first-order valence-electron chi connectivity index (χ1n) is 5.48. The third kappa shape index (κ3) is 2.12. The number of rotatable bonds is 3. The van der Waals surface area contributed by atoms with E-state index < -0.39 is 9.84 Å². The standard InChI is InChI=1S/C10H16N2O3S/c1-2-11-9-3-5-12(10(9)13)8-4-6-16(14,15)7-8/h4,6,8-9,11H,2-3,5,7H2,1H3. The molecule has 0 radical (unpaired) electrons. The zero-order valence-corrected chi connectivity index (χ0v) is 10.0. The summed E-state index contributed by atoms with van der Waals surface area (Å²) < 4.78 is 22.5. The van der Waals surface area contributed by atoms with Gasteiger partial charge in [0.15, 0.2) is 9.84 Å². The lowest BCUT2D eigenvalue weighted by Gasteiger charge is -2.22. The minimum absolute atomic E-state index is 0.0219. The number of amides is 1. The number of likely N-dealkylation sites (tertiary alicyclic amines) is 1. The van der Waals surface area contributed by atoms with Crippen molar-refractivity contribution < 1.29 is 13.2 Å². The van der Waals surface area contributed by atoms with Crippen LogP contribution >= 0.6 is 0 Å². The second kappa shape index (κ2) is 4.18. The van der Waals surface area contributed by atoms with E-state index >= 15 is 0 Å². The maximum absolute atomic E-state index is 11.9. The maximum Gasteiger partial charge on any atom is 0.240 e. The fourth-order valence-electron chi connectivity index (χ4n) is 2.22. The van der Waals surface area contributed by atoms with Gasteiger partial charge in [0.25, 0.3) is 0 Å². The molecular formula is C10H16N2O3S. The summed E-state index contributed by atoms with van der Waals surface area (Å²) in [5.41, 5.74) is 0. The molecule has 2 rings (SSSR count). The molecule has 0 spiro atoms. The monoisotopic (exact) mass is 244 g/mol. The van der Waals surface area contributed by atoms with Crippen molar-refractivity contribution in [1.82, 2.24) is 10.2 Å². The second-order valence-corrected chi connectivity index (χ2v) is 6.09. The van der Waals surface area contributed by atoms with Gasteiger partial charge in [-0.15, -0.1) is 0 Å². The molecule has 16 heavy (non-hydrogen) atoms. The molecule has 0 aromatic heterocycles. The van der Waals surface area contributed by atoms with Crippen LogP contribution in [0.15, 0.2) is 11.5 Å². The quantitative estimate of drug-likeness (QED) is 0.727. The van der Waals surface area contributed by atoms with Gasteiger partial charge in [-0.2, -0.15) is 0 Å². The van der Waals surface area contributed by atoms with Gasteiger partial charge in [-0.3, -0.25) is 4.79 Å². The van der Waals surface area contributed by atoms with Crippen LogP contribution in [0.4, 0.5) is 0 Å². The fraction of sp³-hybridized carbons (Fsp3) is 0.700. The van der Waals surface area contributed by atoms with Gasteiger partial charge in [0.05, 0.1) is 17.8 Å².